The predicted molar refractivity (Wildman–Crippen MR) is 113 cm³/mol. The summed E-state index contributed by atoms with van der Waals surface area (Å²) in [7, 11) is 3.67. The second-order valence-corrected chi connectivity index (χ2v) is 8.64. The Morgan fingerprint density at radius 2 is 1.93 bits per heavy atom. The molecule has 2 aromatic rings. The van der Waals surface area contributed by atoms with Crippen LogP contribution in [0.4, 0.5) is 5.13 Å². The first-order valence-corrected chi connectivity index (χ1v) is 10.7. The molecule has 154 valence electrons. The smallest absolute Gasteiger partial charge is 0.266 e. The molecule has 4 rings (SSSR count). The third-order valence-electron chi connectivity index (χ3n) is 5.73. The Morgan fingerprint density at radius 3 is 2.62 bits per heavy atom. The van der Waals surface area contributed by atoms with Gasteiger partial charge in [-0.05, 0) is 43.7 Å². The Kier molecular flexibility index (Phi) is 5.56. The zero-order valence-corrected chi connectivity index (χ0v) is 17.9. The van der Waals surface area contributed by atoms with E-state index in [1.807, 2.05) is 24.0 Å². The fourth-order valence-electron chi connectivity index (χ4n) is 3.91. The maximum atomic E-state index is 13.0. The molecule has 0 spiro atoms. The van der Waals surface area contributed by atoms with Crippen molar-refractivity contribution in [3.63, 3.8) is 0 Å². The molecule has 1 amide bonds. The predicted octanol–water partition coefficient (Wildman–Crippen LogP) is 2.22. The summed E-state index contributed by atoms with van der Waals surface area (Å²) in [4.78, 5) is 36.2. The average Bonchev–Trinajstić information content (AvgIpc) is 3.13. The van der Waals surface area contributed by atoms with Gasteiger partial charge in [0.25, 0.3) is 5.91 Å². The fraction of sp³-hybridized carbons (Fsp3) is 0.476. The fourth-order valence-corrected chi connectivity index (χ4v) is 4.97. The molecule has 0 bridgehead atoms. The minimum Gasteiger partial charge on any atom is -0.496 e. The monoisotopic (exact) mass is 414 g/mol. The number of benzene rings is 1. The van der Waals surface area contributed by atoms with Gasteiger partial charge in [0.15, 0.2) is 11.4 Å². The topological polar surface area (TPSA) is 66.0 Å². The maximum Gasteiger partial charge on any atom is 0.266 e. The van der Waals surface area contributed by atoms with Gasteiger partial charge < -0.3 is 19.4 Å². The van der Waals surface area contributed by atoms with Crippen molar-refractivity contribution < 1.29 is 14.3 Å². The van der Waals surface area contributed by atoms with Crippen LogP contribution in [0.5, 0.6) is 5.75 Å². The van der Waals surface area contributed by atoms with Crippen LogP contribution in [0.1, 0.15) is 36.9 Å². The van der Waals surface area contributed by atoms with Gasteiger partial charge in [-0.15, -0.1) is 0 Å². The third-order valence-corrected chi connectivity index (χ3v) is 6.94. The Hall–Kier alpha value is -2.45. The number of fused-ring (bicyclic) bond motifs is 1. The second-order valence-electron chi connectivity index (χ2n) is 7.66. The molecule has 8 heteroatoms. The van der Waals surface area contributed by atoms with E-state index < -0.39 is 0 Å². The lowest BCUT2D eigenvalue weighted by molar-refractivity contribution is 0.0668. The minimum absolute atomic E-state index is 0.0877. The van der Waals surface area contributed by atoms with E-state index in [9.17, 15) is 9.59 Å². The van der Waals surface area contributed by atoms with Gasteiger partial charge in [0, 0.05) is 39.3 Å². The van der Waals surface area contributed by atoms with Gasteiger partial charge in [-0.2, -0.15) is 0 Å². The van der Waals surface area contributed by atoms with E-state index in [0.717, 1.165) is 66.7 Å². The molecule has 2 aliphatic rings. The first-order valence-electron chi connectivity index (χ1n) is 9.85. The molecule has 0 atom stereocenters. The number of aryl methyl sites for hydroxylation is 1. The van der Waals surface area contributed by atoms with Crippen LogP contribution in [0.2, 0.25) is 0 Å². The number of hydrogen-bond acceptors (Lipinski definition) is 7. The van der Waals surface area contributed by atoms with Crippen LogP contribution in [0.3, 0.4) is 0 Å². The van der Waals surface area contributed by atoms with Crippen molar-refractivity contribution in [2.24, 2.45) is 0 Å². The van der Waals surface area contributed by atoms with E-state index in [0.29, 0.717) is 17.9 Å². The van der Waals surface area contributed by atoms with Crippen LogP contribution >= 0.6 is 11.3 Å². The summed E-state index contributed by atoms with van der Waals surface area (Å²) in [5.41, 5.74) is 3.67. The summed E-state index contributed by atoms with van der Waals surface area (Å²) < 4.78 is 5.32. The highest BCUT2D eigenvalue weighted by molar-refractivity contribution is 7.17. The highest BCUT2D eigenvalue weighted by atomic mass is 32.1. The molecule has 1 aromatic heterocycles. The van der Waals surface area contributed by atoms with E-state index in [1.54, 1.807) is 7.11 Å². The number of anilines is 1. The molecule has 3 heterocycles. The van der Waals surface area contributed by atoms with Crippen molar-refractivity contribution in [2.75, 3.05) is 51.8 Å². The number of methoxy groups -OCH3 is 1. The average molecular weight is 415 g/mol. The summed E-state index contributed by atoms with van der Waals surface area (Å²) in [6.45, 7) is 6.74. The summed E-state index contributed by atoms with van der Waals surface area (Å²) in [5.74, 6) is 0.710. The van der Waals surface area contributed by atoms with Gasteiger partial charge in [-0.3, -0.25) is 9.59 Å². The molecule has 2 aliphatic heterocycles. The zero-order valence-electron chi connectivity index (χ0n) is 17.1. The molecule has 29 heavy (non-hydrogen) atoms. The molecule has 1 saturated heterocycles. The van der Waals surface area contributed by atoms with E-state index in [4.69, 9.17) is 9.72 Å². The van der Waals surface area contributed by atoms with Crippen molar-refractivity contribution in [3.8, 4) is 5.75 Å². The van der Waals surface area contributed by atoms with Crippen LogP contribution in [-0.4, -0.2) is 73.9 Å². The normalized spacial score (nSPS) is 17.2. The second kappa shape index (κ2) is 8.12. The first kappa shape index (κ1) is 19.8. The Bertz CT molecular complexity index is 934. The van der Waals surface area contributed by atoms with Crippen molar-refractivity contribution in [1.82, 2.24) is 14.8 Å². The number of amides is 1. The Morgan fingerprint density at radius 1 is 1.17 bits per heavy atom. The number of thiazole rings is 1. The largest absolute Gasteiger partial charge is 0.496 e. The molecule has 0 saturated carbocycles. The lowest BCUT2D eigenvalue weighted by Crippen LogP contribution is -2.47. The van der Waals surface area contributed by atoms with E-state index in [-0.39, 0.29) is 5.91 Å². The lowest BCUT2D eigenvalue weighted by Gasteiger charge is -2.32. The minimum atomic E-state index is 0.0877. The number of piperazine rings is 1. The number of likely N-dealkylation sites (N-methyl/N-ethyl adjacent to an activating group) is 1. The van der Waals surface area contributed by atoms with Crippen LogP contribution in [0, 0.1) is 6.92 Å². The maximum absolute atomic E-state index is 13.0. The van der Waals surface area contributed by atoms with Crippen LogP contribution < -0.4 is 9.64 Å². The molecule has 1 fully saturated rings. The summed E-state index contributed by atoms with van der Waals surface area (Å²) in [6.07, 6.45) is 1.68. The number of nitrogens with zero attached hydrogens (tertiary/aromatic N) is 4. The summed E-state index contributed by atoms with van der Waals surface area (Å²) in [5, 5.41) is 0.870. The van der Waals surface area contributed by atoms with Crippen molar-refractivity contribution in [3.05, 3.63) is 39.4 Å². The molecule has 0 unspecified atom stereocenters. The molecular formula is C21H26N4O3S. The number of carbonyl (C=O) groups is 2. The van der Waals surface area contributed by atoms with E-state index in [1.165, 1.54) is 16.9 Å². The van der Waals surface area contributed by atoms with E-state index in [2.05, 4.69) is 16.8 Å². The summed E-state index contributed by atoms with van der Waals surface area (Å²) in [6, 6.07) is 3.87. The Balaban J connectivity index is 1.54. The van der Waals surface area contributed by atoms with Gasteiger partial charge in [0.2, 0.25) is 0 Å². The third kappa shape index (κ3) is 3.86. The number of carbonyl (C=O) groups excluding carboxylic acids is 2. The highest BCUT2D eigenvalue weighted by Gasteiger charge is 2.27. The number of aromatic nitrogens is 1. The van der Waals surface area contributed by atoms with Gasteiger partial charge in [0.05, 0.1) is 18.4 Å². The lowest BCUT2D eigenvalue weighted by atomic mass is 9.97. The number of hydrogen-bond donors (Lipinski definition) is 0. The van der Waals surface area contributed by atoms with Crippen molar-refractivity contribution >= 4 is 28.7 Å². The van der Waals surface area contributed by atoms with Crippen LogP contribution in [0.15, 0.2) is 12.1 Å². The van der Waals surface area contributed by atoms with Crippen molar-refractivity contribution in [1.29, 1.82) is 0 Å². The molecule has 0 aliphatic carbocycles. The highest BCUT2D eigenvalue weighted by Crippen LogP contribution is 2.33. The molecule has 1 aromatic carbocycles. The SMILES string of the molecule is COc1cc2c(cc1C=O)CN(c1nc(C)c(C(=O)N3CCN(C)CC3)s1)CC2. The number of aldehydes is 1. The quantitative estimate of drug-likeness (QED) is 0.715. The molecule has 0 N–H and O–H groups in total. The first-order chi connectivity index (χ1) is 14.0. The van der Waals surface area contributed by atoms with Gasteiger partial charge in [-0.25, -0.2) is 4.98 Å². The van der Waals surface area contributed by atoms with Crippen LogP contribution in [-0.2, 0) is 13.0 Å². The molecular weight excluding hydrogens is 388 g/mol. The van der Waals surface area contributed by atoms with Gasteiger partial charge in [-0.1, -0.05) is 11.3 Å². The van der Waals surface area contributed by atoms with Crippen LogP contribution in [0.25, 0.3) is 0 Å². The van der Waals surface area contributed by atoms with Gasteiger partial charge in [0.1, 0.15) is 10.6 Å². The number of ether oxygens (including phenoxy) is 1. The Labute approximate surface area is 174 Å². The zero-order chi connectivity index (χ0) is 20.5. The number of rotatable bonds is 4. The van der Waals surface area contributed by atoms with Crippen molar-refractivity contribution in [2.45, 2.75) is 19.9 Å². The molecule has 7 nitrogen and oxygen atoms in total. The summed E-state index contributed by atoms with van der Waals surface area (Å²) >= 11 is 1.48. The standard InChI is InChI=1S/C21H26N4O3S/c1-14-19(20(27)24-8-6-23(2)7-9-24)29-21(22-14)25-5-4-15-11-18(28-3)17(13-26)10-16(15)12-25/h10-11,13H,4-9,12H2,1-3H3. The van der Waals surface area contributed by atoms with Gasteiger partial charge >= 0.3 is 0 Å². The molecule has 0 radical (unpaired) electrons. The van der Waals surface area contributed by atoms with E-state index >= 15 is 0 Å².